The Morgan fingerprint density at radius 2 is 2.19 bits per heavy atom. The predicted octanol–water partition coefficient (Wildman–Crippen LogP) is 3.17. The Kier molecular flexibility index (Phi) is 5.00. The second kappa shape index (κ2) is 6.58. The van der Waals surface area contributed by atoms with Crippen LogP contribution >= 0.6 is 28.1 Å². The molecule has 1 aromatic carbocycles. The lowest BCUT2D eigenvalue weighted by Gasteiger charge is -2.15. The van der Waals surface area contributed by atoms with Crippen molar-refractivity contribution in [2.45, 2.75) is 13.8 Å². The summed E-state index contributed by atoms with van der Waals surface area (Å²) in [6.07, 6.45) is 1.79. The van der Waals surface area contributed by atoms with Gasteiger partial charge in [0, 0.05) is 6.54 Å². The lowest BCUT2D eigenvalue weighted by molar-refractivity contribution is -0.122. The largest absolute Gasteiger partial charge is 0.496 e. The smallest absolute Gasteiger partial charge is 0.276 e. The number of nitrogens with zero attached hydrogens (tertiary/aromatic N) is 1. The van der Waals surface area contributed by atoms with Gasteiger partial charge in [-0.15, -0.1) is 0 Å². The van der Waals surface area contributed by atoms with Gasteiger partial charge in [-0.1, -0.05) is 19.9 Å². The van der Waals surface area contributed by atoms with Gasteiger partial charge in [0.05, 0.1) is 11.6 Å². The molecule has 0 radical (unpaired) electrons. The molecule has 21 heavy (non-hydrogen) atoms. The topological polar surface area (TPSA) is 41.6 Å². The van der Waals surface area contributed by atoms with E-state index in [0.29, 0.717) is 23.3 Å². The number of amides is 1. The van der Waals surface area contributed by atoms with Crippen molar-refractivity contribution in [3.05, 3.63) is 33.9 Å². The molecule has 0 saturated carbocycles. The van der Waals surface area contributed by atoms with Crippen LogP contribution in [0, 0.1) is 5.92 Å². The Balaban J connectivity index is 2.24. The van der Waals surface area contributed by atoms with E-state index in [0.717, 1.165) is 15.8 Å². The summed E-state index contributed by atoms with van der Waals surface area (Å²) in [7, 11) is 1.61. The number of carbonyl (C=O) groups is 1. The second-order valence-corrected chi connectivity index (χ2v) is 6.43. The fourth-order valence-electron chi connectivity index (χ4n) is 2.04. The van der Waals surface area contributed by atoms with Crippen molar-refractivity contribution in [2.75, 3.05) is 13.7 Å². The second-order valence-electron chi connectivity index (χ2n) is 5.19. The maximum atomic E-state index is 12.3. The van der Waals surface area contributed by atoms with E-state index in [1.807, 2.05) is 18.2 Å². The van der Waals surface area contributed by atoms with Crippen LogP contribution in [0.2, 0.25) is 0 Å². The summed E-state index contributed by atoms with van der Waals surface area (Å²) >= 11 is 8.65. The lowest BCUT2D eigenvalue weighted by Crippen LogP contribution is -2.33. The van der Waals surface area contributed by atoms with E-state index in [1.54, 1.807) is 18.1 Å². The normalized spacial score (nSPS) is 16.8. The van der Waals surface area contributed by atoms with Gasteiger partial charge < -0.3 is 10.1 Å². The Labute approximate surface area is 138 Å². The van der Waals surface area contributed by atoms with Gasteiger partial charge in [-0.25, -0.2) is 0 Å². The van der Waals surface area contributed by atoms with Crippen molar-refractivity contribution < 1.29 is 9.53 Å². The molecule has 6 heteroatoms. The fourth-order valence-corrected chi connectivity index (χ4v) is 2.87. The van der Waals surface area contributed by atoms with Crippen molar-refractivity contribution >= 4 is 45.2 Å². The van der Waals surface area contributed by atoms with Gasteiger partial charge >= 0.3 is 0 Å². The van der Waals surface area contributed by atoms with Gasteiger partial charge in [-0.05, 0) is 57.8 Å². The summed E-state index contributed by atoms with van der Waals surface area (Å²) < 4.78 is 6.03. The van der Waals surface area contributed by atoms with E-state index in [1.165, 1.54) is 0 Å². The molecule has 1 saturated heterocycles. The molecule has 112 valence electrons. The summed E-state index contributed by atoms with van der Waals surface area (Å²) in [4.78, 5) is 13.9. The Morgan fingerprint density at radius 1 is 1.48 bits per heavy atom. The first-order valence-corrected chi connectivity index (χ1v) is 7.80. The molecule has 0 unspecified atom stereocenters. The van der Waals surface area contributed by atoms with Crippen molar-refractivity contribution in [3.8, 4) is 5.75 Å². The van der Waals surface area contributed by atoms with Crippen molar-refractivity contribution in [1.29, 1.82) is 0 Å². The van der Waals surface area contributed by atoms with Gasteiger partial charge in [-0.3, -0.25) is 9.69 Å². The van der Waals surface area contributed by atoms with Crippen LogP contribution in [0.15, 0.2) is 28.4 Å². The monoisotopic (exact) mass is 368 g/mol. The van der Waals surface area contributed by atoms with Crippen molar-refractivity contribution in [3.63, 3.8) is 0 Å². The molecule has 1 N–H and O–H groups in total. The number of benzene rings is 1. The number of carbonyl (C=O) groups excluding carboxylic acids is 1. The first-order chi connectivity index (χ1) is 9.92. The number of hydrogen-bond acceptors (Lipinski definition) is 3. The standard InChI is InChI=1S/C15H17BrN2O2S/c1-9(2)8-18-14(19)12(17-15(18)21)7-10-4-5-13(20-3)11(16)6-10/h4-7,9H,8H2,1-3H3,(H,17,21)/b12-7-. The molecule has 4 nitrogen and oxygen atoms in total. The number of rotatable bonds is 4. The van der Waals surface area contributed by atoms with E-state index >= 15 is 0 Å². The first-order valence-electron chi connectivity index (χ1n) is 6.60. The highest BCUT2D eigenvalue weighted by atomic mass is 79.9. The molecule has 1 aliphatic heterocycles. The van der Waals surface area contributed by atoms with E-state index < -0.39 is 0 Å². The summed E-state index contributed by atoms with van der Waals surface area (Å²) in [6.45, 7) is 4.73. The third-order valence-corrected chi connectivity index (χ3v) is 3.94. The fraction of sp³-hybridized carbons (Fsp3) is 0.333. The highest BCUT2D eigenvalue weighted by Crippen LogP contribution is 2.27. The van der Waals surface area contributed by atoms with E-state index in [2.05, 4.69) is 35.1 Å². The van der Waals surface area contributed by atoms with Crippen LogP contribution in [-0.2, 0) is 4.79 Å². The van der Waals surface area contributed by atoms with Gasteiger partial charge in [0.15, 0.2) is 5.11 Å². The third-order valence-electron chi connectivity index (χ3n) is 3.00. The number of methoxy groups -OCH3 is 1. The van der Waals surface area contributed by atoms with E-state index in [9.17, 15) is 4.79 Å². The van der Waals surface area contributed by atoms with Crippen molar-refractivity contribution in [1.82, 2.24) is 10.2 Å². The molecule has 0 spiro atoms. The summed E-state index contributed by atoms with van der Waals surface area (Å²) in [5.74, 6) is 1.03. The number of ether oxygens (including phenoxy) is 1. The van der Waals surface area contributed by atoms with Gasteiger partial charge in [0.25, 0.3) is 5.91 Å². The lowest BCUT2D eigenvalue weighted by atomic mass is 10.1. The summed E-state index contributed by atoms with van der Waals surface area (Å²) in [6, 6.07) is 5.63. The van der Waals surface area contributed by atoms with Crippen LogP contribution in [0.4, 0.5) is 0 Å². The van der Waals surface area contributed by atoms with Gasteiger partial charge in [0.2, 0.25) is 0 Å². The van der Waals surface area contributed by atoms with Crippen LogP contribution in [0.3, 0.4) is 0 Å². The summed E-state index contributed by atoms with van der Waals surface area (Å²) in [5.41, 5.74) is 1.39. The summed E-state index contributed by atoms with van der Waals surface area (Å²) in [5, 5.41) is 3.44. The Morgan fingerprint density at radius 3 is 2.76 bits per heavy atom. The maximum Gasteiger partial charge on any atom is 0.276 e. The molecule has 1 amide bonds. The van der Waals surface area contributed by atoms with E-state index in [-0.39, 0.29) is 5.91 Å². The molecular weight excluding hydrogens is 352 g/mol. The Bertz CT molecular complexity index is 614. The molecule has 0 aromatic heterocycles. The van der Waals surface area contributed by atoms with Crippen LogP contribution in [0.5, 0.6) is 5.75 Å². The molecule has 1 aromatic rings. The zero-order valence-electron chi connectivity index (χ0n) is 12.1. The first kappa shape index (κ1) is 16.0. The number of nitrogens with one attached hydrogen (secondary N) is 1. The van der Waals surface area contributed by atoms with Crippen molar-refractivity contribution in [2.24, 2.45) is 5.92 Å². The molecule has 0 aliphatic carbocycles. The Hall–Kier alpha value is -1.40. The SMILES string of the molecule is COc1ccc(/C=C2\NC(=S)N(CC(C)C)C2=O)cc1Br. The molecular formula is C15H17BrN2O2S. The number of halogens is 1. The maximum absolute atomic E-state index is 12.3. The molecule has 1 aliphatic rings. The third kappa shape index (κ3) is 3.63. The van der Waals surface area contributed by atoms with Gasteiger partial charge in [0.1, 0.15) is 11.4 Å². The number of hydrogen-bond donors (Lipinski definition) is 1. The molecule has 2 rings (SSSR count). The number of thiocarbonyl (C=S) groups is 1. The predicted molar refractivity (Wildman–Crippen MR) is 91.0 cm³/mol. The van der Waals surface area contributed by atoms with Crippen LogP contribution in [0.1, 0.15) is 19.4 Å². The minimum atomic E-state index is -0.0827. The zero-order chi connectivity index (χ0) is 15.6. The highest BCUT2D eigenvalue weighted by Gasteiger charge is 2.30. The minimum Gasteiger partial charge on any atom is -0.496 e. The average Bonchev–Trinajstić information content (AvgIpc) is 2.66. The molecule has 1 heterocycles. The molecule has 0 bridgehead atoms. The minimum absolute atomic E-state index is 0.0827. The van der Waals surface area contributed by atoms with Gasteiger partial charge in [-0.2, -0.15) is 0 Å². The average molecular weight is 369 g/mol. The molecule has 0 atom stereocenters. The van der Waals surface area contributed by atoms with Crippen LogP contribution in [-0.4, -0.2) is 29.6 Å². The quantitative estimate of drug-likeness (QED) is 0.654. The van der Waals surface area contributed by atoms with Crippen LogP contribution < -0.4 is 10.1 Å². The van der Waals surface area contributed by atoms with Crippen LogP contribution in [0.25, 0.3) is 6.08 Å². The zero-order valence-corrected chi connectivity index (χ0v) is 14.5. The highest BCUT2D eigenvalue weighted by molar-refractivity contribution is 9.10. The van der Waals surface area contributed by atoms with E-state index in [4.69, 9.17) is 17.0 Å². The molecule has 1 fully saturated rings.